The van der Waals surface area contributed by atoms with E-state index in [-0.39, 0.29) is 23.1 Å². The second-order valence-electron chi connectivity index (χ2n) is 9.34. The SMILES string of the molecule is CC(C)(C)OCCCCCCC(=O)OCCCCOC(=O)CCCOC(C)(C)C. The summed E-state index contributed by atoms with van der Waals surface area (Å²) in [5, 5.41) is 0. The molecule has 172 valence electrons. The fraction of sp³-hybridized carbons (Fsp3) is 0.913. The van der Waals surface area contributed by atoms with E-state index in [1.165, 1.54) is 0 Å². The third kappa shape index (κ3) is 23.0. The van der Waals surface area contributed by atoms with Crippen LogP contribution in [0.15, 0.2) is 0 Å². The predicted octanol–water partition coefficient (Wildman–Crippen LogP) is 5.21. The van der Waals surface area contributed by atoms with E-state index < -0.39 is 0 Å². The van der Waals surface area contributed by atoms with Crippen LogP contribution >= 0.6 is 0 Å². The Kier molecular flexibility index (Phi) is 15.1. The Morgan fingerprint density at radius 1 is 0.517 bits per heavy atom. The number of carbonyl (C=O) groups is 2. The minimum atomic E-state index is -0.201. The molecule has 0 N–H and O–H groups in total. The number of hydrogen-bond donors (Lipinski definition) is 0. The summed E-state index contributed by atoms with van der Waals surface area (Å²) >= 11 is 0. The van der Waals surface area contributed by atoms with E-state index in [2.05, 4.69) is 20.8 Å². The molecule has 0 amide bonds. The molecule has 29 heavy (non-hydrogen) atoms. The Morgan fingerprint density at radius 2 is 0.897 bits per heavy atom. The topological polar surface area (TPSA) is 71.1 Å². The van der Waals surface area contributed by atoms with Crippen molar-refractivity contribution in [2.75, 3.05) is 26.4 Å². The van der Waals surface area contributed by atoms with Crippen molar-refractivity contribution in [1.82, 2.24) is 0 Å². The van der Waals surface area contributed by atoms with Gasteiger partial charge in [0.25, 0.3) is 0 Å². The molecular weight excluding hydrogens is 372 g/mol. The summed E-state index contributed by atoms with van der Waals surface area (Å²) in [6, 6.07) is 0. The maximum absolute atomic E-state index is 11.7. The van der Waals surface area contributed by atoms with Gasteiger partial charge in [-0.25, -0.2) is 0 Å². The molecule has 0 aromatic rings. The molecule has 0 aliphatic heterocycles. The van der Waals surface area contributed by atoms with Gasteiger partial charge in [-0.2, -0.15) is 0 Å². The van der Waals surface area contributed by atoms with Gasteiger partial charge < -0.3 is 18.9 Å². The first-order valence-electron chi connectivity index (χ1n) is 11.1. The van der Waals surface area contributed by atoms with Gasteiger partial charge in [0.2, 0.25) is 0 Å². The smallest absolute Gasteiger partial charge is 0.305 e. The molecular formula is C23H44O6. The molecule has 0 fully saturated rings. The molecule has 6 heteroatoms. The molecule has 0 unspecified atom stereocenters. The van der Waals surface area contributed by atoms with Crippen LogP contribution in [0, 0.1) is 0 Å². The van der Waals surface area contributed by atoms with E-state index in [0.717, 1.165) is 32.3 Å². The van der Waals surface area contributed by atoms with Gasteiger partial charge in [0.1, 0.15) is 0 Å². The standard InChI is InChI=1S/C23H44O6/c1-22(2,3)28-18-10-8-7-9-14-20(24)26-16-11-12-17-27-21(25)15-13-19-29-23(4,5)6/h7-19H2,1-6H3. The van der Waals surface area contributed by atoms with Crippen LogP contribution in [0.1, 0.15) is 99.3 Å². The lowest BCUT2D eigenvalue weighted by Gasteiger charge is -2.19. The minimum Gasteiger partial charge on any atom is -0.466 e. The molecule has 6 nitrogen and oxygen atoms in total. The largest absolute Gasteiger partial charge is 0.466 e. The van der Waals surface area contributed by atoms with Crippen molar-refractivity contribution in [3.8, 4) is 0 Å². The molecule has 0 aromatic carbocycles. The highest BCUT2D eigenvalue weighted by molar-refractivity contribution is 5.69. The number of unbranched alkanes of at least 4 members (excludes halogenated alkanes) is 4. The van der Waals surface area contributed by atoms with E-state index >= 15 is 0 Å². The average molecular weight is 417 g/mol. The summed E-state index contributed by atoms with van der Waals surface area (Å²) < 4.78 is 21.6. The molecule has 0 atom stereocenters. The highest BCUT2D eigenvalue weighted by Crippen LogP contribution is 2.10. The molecule has 0 aliphatic carbocycles. The lowest BCUT2D eigenvalue weighted by Crippen LogP contribution is -2.20. The Labute approximate surface area is 178 Å². The zero-order valence-corrected chi connectivity index (χ0v) is 19.6. The van der Waals surface area contributed by atoms with Crippen LogP contribution in [0.2, 0.25) is 0 Å². The molecule has 0 rings (SSSR count). The summed E-state index contributed by atoms with van der Waals surface area (Å²) in [6.45, 7) is 14.2. The highest BCUT2D eigenvalue weighted by atomic mass is 16.5. The Balaban J connectivity index is 3.39. The fourth-order valence-corrected chi connectivity index (χ4v) is 2.42. The van der Waals surface area contributed by atoms with Gasteiger partial charge in [-0.3, -0.25) is 9.59 Å². The van der Waals surface area contributed by atoms with Crippen LogP contribution in [0.5, 0.6) is 0 Å². The van der Waals surface area contributed by atoms with Gasteiger partial charge in [0.05, 0.1) is 24.4 Å². The van der Waals surface area contributed by atoms with E-state index in [1.54, 1.807) is 0 Å². The van der Waals surface area contributed by atoms with Gasteiger partial charge in [-0.1, -0.05) is 12.8 Å². The first-order chi connectivity index (χ1) is 13.5. The lowest BCUT2D eigenvalue weighted by molar-refractivity contribution is -0.146. The van der Waals surface area contributed by atoms with Crippen molar-refractivity contribution >= 4 is 11.9 Å². The Hall–Kier alpha value is -1.14. The first kappa shape index (κ1) is 27.9. The number of rotatable bonds is 16. The average Bonchev–Trinajstić information content (AvgIpc) is 2.59. The summed E-state index contributed by atoms with van der Waals surface area (Å²) in [5.41, 5.74) is -0.258. The third-order valence-corrected chi connectivity index (χ3v) is 3.94. The van der Waals surface area contributed by atoms with E-state index in [4.69, 9.17) is 18.9 Å². The van der Waals surface area contributed by atoms with Gasteiger partial charge >= 0.3 is 11.9 Å². The second-order valence-corrected chi connectivity index (χ2v) is 9.34. The zero-order valence-electron chi connectivity index (χ0n) is 19.6. The first-order valence-corrected chi connectivity index (χ1v) is 11.1. The normalized spacial score (nSPS) is 12.1. The van der Waals surface area contributed by atoms with Crippen LogP contribution in [-0.4, -0.2) is 49.6 Å². The Morgan fingerprint density at radius 3 is 1.38 bits per heavy atom. The predicted molar refractivity (Wildman–Crippen MR) is 115 cm³/mol. The van der Waals surface area contributed by atoms with Crippen molar-refractivity contribution in [1.29, 1.82) is 0 Å². The molecule has 0 aromatic heterocycles. The quantitative estimate of drug-likeness (QED) is 0.254. The number of hydrogen-bond acceptors (Lipinski definition) is 6. The number of carbonyl (C=O) groups excluding carboxylic acids is 2. The number of esters is 2. The summed E-state index contributed by atoms with van der Waals surface area (Å²) in [4.78, 5) is 23.3. The van der Waals surface area contributed by atoms with Crippen molar-refractivity contribution in [3.63, 3.8) is 0 Å². The fourth-order valence-electron chi connectivity index (χ4n) is 2.42. The van der Waals surface area contributed by atoms with Gasteiger partial charge in [-0.15, -0.1) is 0 Å². The van der Waals surface area contributed by atoms with Gasteiger partial charge in [0.15, 0.2) is 0 Å². The maximum atomic E-state index is 11.7. The summed E-state index contributed by atoms with van der Waals surface area (Å²) in [7, 11) is 0. The van der Waals surface area contributed by atoms with Crippen LogP contribution in [-0.2, 0) is 28.5 Å². The van der Waals surface area contributed by atoms with Crippen LogP contribution in [0.25, 0.3) is 0 Å². The second kappa shape index (κ2) is 15.7. The van der Waals surface area contributed by atoms with Crippen molar-refractivity contribution in [2.24, 2.45) is 0 Å². The van der Waals surface area contributed by atoms with E-state index in [1.807, 2.05) is 20.8 Å². The van der Waals surface area contributed by atoms with Crippen LogP contribution in [0.3, 0.4) is 0 Å². The van der Waals surface area contributed by atoms with Crippen LogP contribution in [0.4, 0.5) is 0 Å². The molecule has 0 spiro atoms. The molecule has 0 heterocycles. The van der Waals surface area contributed by atoms with Crippen molar-refractivity contribution in [2.45, 2.75) is 111 Å². The van der Waals surface area contributed by atoms with Gasteiger partial charge in [0, 0.05) is 26.1 Å². The summed E-state index contributed by atoms with van der Waals surface area (Å²) in [6.07, 6.45) is 6.86. The van der Waals surface area contributed by atoms with Gasteiger partial charge in [-0.05, 0) is 73.6 Å². The monoisotopic (exact) mass is 416 g/mol. The maximum Gasteiger partial charge on any atom is 0.305 e. The highest BCUT2D eigenvalue weighted by Gasteiger charge is 2.11. The van der Waals surface area contributed by atoms with Crippen molar-refractivity contribution in [3.05, 3.63) is 0 Å². The van der Waals surface area contributed by atoms with E-state index in [9.17, 15) is 9.59 Å². The molecule has 0 radical (unpaired) electrons. The third-order valence-electron chi connectivity index (χ3n) is 3.94. The zero-order chi connectivity index (χ0) is 22.2. The molecule has 0 saturated carbocycles. The van der Waals surface area contributed by atoms with Crippen molar-refractivity contribution < 1.29 is 28.5 Å². The Bertz CT molecular complexity index is 434. The van der Waals surface area contributed by atoms with E-state index in [0.29, 0.717) is 51.9 Å². The lowest BCUT2D eigenvalue weighted by atomic mass is 10.1. The van der Waals surface area contributed by atoms with Crippen LogP contribution < -0.4 is 0 Å². The molecule has 0 aliphatic rings. The molecule has 0 bridgehead atoms. The summed E-state index contributed by atoms with van der Waals surface area (Å²) in [5.74, 6) is -0.348. The number of ether oxygens (including phenoxy) is 4. The minimum absolute atomic E-state index is 0.0802. The molecule has 0 saturated heterocycles.